The van der Waals surface area contributed by atoms with Crippen molar-refractivity contribution in [1.29, 1.82) is 5.26 Å². The van der Waals surface area contributed by atoms with Crippen LogP contribution in [0.3, 0.4) is 0 Å². The Hall–Kier alpha value is -5.33. The van der Waals surface area contributed by atoms with E-state index in [1.54, 1.807) is 47.7 Å². The summed E-state index contributed by atoms with van der Waals surface area (Å²) < 4.78 is 15.5. The molecule has 43 heavy (non-hydrogen) atoms. The molecule has 0 spiro atoms. The second-order valence-corrected chi connectivity index (χ2v) is 10.4. The molecule has 0 bridgehead atoms. The molecule has 2 atom stereocenters. The molecule has 0 radical (unpaired) electrons. The minimum absolute atomic E-state index is 0.0382. The average Bonchev–Trinajstić information content (AvgIpc) is 3.54. The molecule has 6 aromatic rings. The molecule has 3 heterocycles. The van der Waals surface area contributed by atoms with E-state index in [9.17, 15) is 9.65 Å². The maximum absolute atomic E-state index is 13.9. The van der Waals surface area contributed by atoms with Crippen molar-refractivity contribution in [2.75, 3.05) is 10.6 Å². The molecule has 2 N–H and O–H groups in total. The highest BCUT2D eigenvalue weighted by Gasteiger charge is 2.21. The topological polar surface area (TPSA) is 104 Å². The van der Waals surface area contributed by atoms with E-state index in [-0.39, 0.29) is 11.9 Å². The standard InChI is InChI=1S/C33H26ClFN8/c1-2-29(21-7-4-3-5-8-21)40-31-23(17-36)18-38-33-27(31)15-25(16-28(33)34)39-32(22-10-12-24(35)13-11-22)30-20-43(42-41-30)26-9-6-14-37-19-26/h3-16,18-20,29,32,39H,2H2,1H3,(H,38,40)/t29-,32+/m1/s1. The summed E-state index contributed by atoms with van der Waals surface area (Å²) in [6.07, 6.45) is 7.51. The summed E-state index contributed by atoms with van der Waals surface area (Å²) in [5.74, 6) is -0.343. The Bertz CT molecular complexity index is 1900. The predicted octanol–water partition coefficient (Wildman–Crippen LogP) is 7.64. The normalized spacial score (nSPS) is 12.4. The van der Waals surface area contributed by atoms with Crippen molar-refractivity contribution >= 4 is 33.9 Å². The lowest BCUT2D eigenvalue weighted by Crippen LogP contribution is -2.14. The second-order valence-electron chi connectivity index (χ2n) is 9.96. The fraction of sp³-hybridized carbons (Fsp3) is 0.121. The van der Waals surface area contributed by atoms with E-state index in [0.717, 1.165) is 23.2 Å². The van der Waals surface area contributed by atoms with Crippen LogP contribution in [0, 0.1) is 17.1 Å². The number of benzene rings is 3. The third-order valence-electron chi connectivity index (χ3n) is 7.21. The van der Waals surface area contributed by atoms with Crippen molar-refractivity contribution in [3.8, 4) is 11.8 Å². The van der Waals surface area contributed by atoms with E-state index in [1.807, 2.05) is 36.4 Å². The van der Waals surface area contributed by atoms with Crippen LogP contribution in [-0.2, 0) is 0 Å². The van der Waals surface area contributed by atoms with Gasteiger partial charge in [0.25, 0.3) is 0 Å². The molecule has 212 valence electrons. The van der Waals surface area contributed by atoms with Crippen LogP contribution in [0.25, 0.3) is 16.6 Å². The molecule has 0 saturated carbocycles. The van der Waals surface area contributed by atoms with Gasteiger partial charge in [0, 0.05) is 23.5 Å². The smallest absolute Gasteiger partial charge is 0.123 e. The van der Waals surface area contributed by atoms with Crippen molar-refractivity contribution < 1.29 is 4.39 Å². The Kier molecular flexibility index (Phi) is 7.94. The molecular formula is C33H26ClFN8. The highest BCUT2D eigenvalue weighted by atomic mass is 35.5. The fourth-order valence-corrected chi connectivity index (χ4v) is 5.31. The summed E-state index contributed by atoms with van der Waals surface area (Å²) in [6, 6.07) is 25.4. The summed E-state index contributed by atoms with van der Waals surface area (Å²) in [4.78, 5) is 8.67. The van der Waals surface area contributed by atoms with Gasteiger partial charge >= 0.3 is 0 Å². The minimum atomic E-state index is -0.504. The van der Waals surface area contributed by atoms with Gasteiger partial charge in [0.05, 0.1) is 52.0 Å². The number of nitrogens with one attached hydrogen (secondary N) is 2. The van der Waals surface area contributed by atoms with Crippen LogP contribution in [0.4, 0.5) is 15.8 Å². The first kappa shape index (κ1) is 27.8. The summed E-state index contributed by atoms with van der Waals surface area (Å²) in [7, 11) is 0. The van der Waals surface area contributed by atoms with Gasteiger partial charge in [-0.2, -0.15) is 5.26 Å². The number of fused-ring (bicyclic) bond motifs is 1. The van der Waals surface area contributed by atoms with Crippen molar-refractivity contribution in [2.24, 2.45) is 0 Å². The van der Waals surface area contributed by atoms with Gasteiger partial charge in [-0.15, -0.1) is 5.10 Å². The van der Waals surface area contributed by atoms with E-state index in [1.165, 1.54) is 12.1 Å². The Morgan fingerprint density at radius 1 is 0.977 bits per heavy atom. The third-order valence-corrected chi connectivity index (χ3v) is 7.49. The number of nitriles is 1. The van der Waals surface area contributed by atoms with Gasteiger partial charge in [0.15, 0.2) is 0 Å². The van der Waals surface area contributed by atoms with Gasteiger partial charge < -0.3 is 10.6 Å². The van der Waals surface area contributed by atoms with Gasteiger partial charge in [-0.05, 0) is 53.9 Å². The number of hydrogen-bond acceptors (Lipinski definition) is 7. The third kappa shape index (κ3) is 5.87. The molecular weight excluding hydrogens is 563 g/mol. The van der Waals surface area contributed by atoms with Crippen molar-refractivity contribution in [3.05, 3.63) is 137 Å². The fourth-order valence-electron chi connectivity index (χ4n) is 5.04. The summed E-state index contributed by atoms with van der Waals surface area (Å²) in [5.41, 5.74) is 5.51. The SMILES string of the molecule is CC[C@@H](Nc1c(C#N)cnc2c(Cl)cc(N[C@@H](c3ccc(F)cc3)c3cn(-c4cccnc4)nn3)cc12)c1ccccc1. The largest absolute Gasteiger partial charge is 0.377 e. The van der Waals surface area contributed by atoms with Gasteiger partial charge in [-0.25, -0.2) is 9.07 Å². The molecule has 0 aliphatic rings. The number of aromatic nitrogens is 5. The second kappa shape index (κ2) is 12.3. The Balaban J connectivity index is 1.43. The first-order valence-electron chi connectivity index (χ1n) is 13.7. The lowest BCUT2D eigenvalue weighted by Gasteiger charge is -2.22. The maximum atomic E-state index is 13.9. The summed E-state index contributed by atoms with van der Waals surface area (Å²) in [5, 5.41) is 26.9. The molecule has 0 aliphatic carbocycles. The van der Waals surface area contributed by atoms with E-state index >= 15 is 0 Å². The number of anilines is 2. The van der Waals surface area contributed by atoms with E-state index in [0.29, 0.717) is 38.6 Å². The zero-order chi connectivity index (χ0) is 29.8. The van der Waals surface area contributed by atoms with E-state index < -0.39 is 6.04 Å². The van der Waals surface area contributed by atoms with Crippen LogP contribution in [0.2, 0.25) is 5.02 Å². The average molecular weight is 589 g/mol. The zero-order valence-electron chi connectivity index (χ0n) is 23.1. The molecule has 6 rings (SSSR count). The quantitative estimate of drug-likeness (QED) is 0.179. The Morgan fingerprint density at radius 2 is 1.79 bits per heavy atom. The number of pyridine rings is 2. The molecule has 10 heteroatoms. The van der Waals surface area contributed by atoms with E-state index in [2.05, 4.69) is 56.0 Å². The van der Waals surface area contributed by atoms with Crippen molar-refractivity contribution in [1.82, 2.24) is 25.0 Å². The molecule has 3 aromatic heterocycles. The molecule has 8 nitrogen and oxygen atoms in total. The van der Waals surface area contributed by atoms with Crippen molar-refractivity contribution in [2.45, 2.75) is 25.4 Å². The predicted molar refractivity (Wildman–Crippen MR) is 166 cm³/mol. The highest BCUT2D eigenvalue weighted by Crippen LogP contribution is 2.37. The van der Waals surface area contributed by atoms with E-state index in [4.69, 9.17) is 11.6 Å². The Labute approximate surface area is 252 Å². The van der Waals surface area contributed by atoms with Crippen LogP contribution >= 0.6 is 11.6 Å². The van der Waals surface area contributed by atoms with Crippen LogP contribution in [-0.4, -0.2) is 25.0 Å². The maximum Gasteiger partial charge on any atom is 0.123 e. The lowest BCUT2D eigenvalue weighted by molar-refractivity contribution is 0.626. The number of hydrogen-bond donors (Lipinski definition) is 2. The first-order valence-corrected chi connectivity index (χ1v) is 14.1. The van der Waals surface area contributed by atoms with Crippen LogP contribution in [0.1, 0.15) is 47.8 Å². The number of rotatable bonds is 9. The molecule has 0 fully saturated rings. The summed E-state index contributed by atoms with van der Waals surface area (Å²) >= 11 is 6.80. The van der Waals surface area contributed by atoms with Gasteiger partial charge in [0.2, 0.25) is 0 Å². The van der Waals surface area contributed by atoms with Crippen molar-refractivity contribution in [3.63, 3.8) is 0 Å². The van der Waals surface area contributed by atoms with Gasteiger partial charge in [-0.3, -0.25) is 9.97 Å². The van der Waals surface area contributed by atoms with Gasteiger partial charge in [0.1, 0.15) is 17.6 Å². The van der Waals surface area contributed by atoms with Gasteiger partial charge in [-0.1, -0.05) is 66.2 Å². The highest BCUT2D eigenvalue weighted by molar-refractivity contribution is 6.35. The summed E-state index contributed by atoms with van der Waals surface area (Å²) in [6.45, 7) is 2.09. The number of halogens is 2. The van der Waals surface area contributed by atoms with Crippen LogP contribution in [0.5, 0.6) is 0 Å². The molecule has 0 amide bonds. The number of nitrogens with zero attached hydrogens (tertiary/aromatic N) is 6. The molecule has 0 unspecified atom stereocenters. The van der Waals surface area contributed by atoms with Crippen LogP contribution < -0.4 is 10.6 Å². The monoisotopic (exact) mass is 588 g/mol. The minimum Gasteiger partial charge on any atom is -0.377 e. The Morgan fingerprint density at radius 3 is 2.51 bits per heavy atom. The molecule has 0 saturated heterocycles. The zero-order valence-corrected chi connectivity index (χ0v) is 23.9. The van der Waals surface area contributed by atoms with Crippen LogP contribution in [0.15, 0.2) is 104 Å². The first-order chi connectivity index (χ1) is 21.0. The lowest BCUT2D eigenvalue weighted by atomic mass is 10.0. The molecule has 0 aliphatic heterocycles. The molecule has 3 aromatic carbocycles.